The largest absolute Gasteiger partial charge is 0.305 e. The van der Waals surface area contributed by atoms with E-state index in [9.17, 15) is 4.79 Å². The van der Waals surface area contributed by atoms with E-state index in [1.807, 2.05) is 18.2 Å². The van der Waals surface area contributed by atoms with Crippen LogP contribution in [-0.2, 0) is 0 Å². The molecule has 1 aromatic rings. The topological polar surface area (TPSA) is 20.3 Å². The molecule has 1 aromatic carbocycles. The maximum absolute atomic E-state index is 11.2. The number of benzene rings is 1. The Bertz CT molecular complexity index is 353. The second-order valence-corrected chi connectivity index (χ2v) is 4.10. The highest BCUT2D eigenvalue weighted by Crippen LogP contribution is 2.25. The van der Waals surface area contributed by atoms with Gasteiger partial charge in [0.2, 0.25) is 0 Å². The zero-order chi connectivity index (χ0) is 10.1. The zero-order valence-corrected chi connectivity index (χ0v) is 8.66. The summed E-state index contributed by atoms with van der Waals surface area (Å²) in [5.41, 5.74) is 2.13. The summed E-state index contributed by atoms with van der Waals surface area (Å²) in [7, 11) is 2.12. The zero-order valence-electron chi connectivity index (χ0n) is 8.66. The smallest absolute Gasteiger partial charge is 0.159 e. The summed E-state index contributed by atoms with van der Waals surface area (Å²) < 4.78 is 0. The SMILES string of the molecule is CC(=O)c1cccc(C2CN(C)C2)c1. The molecule has 1 aliphatic rings. The summed E-state index contributed by atoms with van der Waals surface area (Å²) in [6, 6.07) is 8.00. The Morgan fingerprint density at radius 3 is 2.71 bits per heavy atom. The predicted octanol–water partition coefficient (Wildman–Crippen LogP) is 1.92. The number of nitrogens with zero attached hydrogens (tertiary/aromatic N) is 1. The summed E-state index contributed by atoms with van der Waals surface area (Å²) in [5, 5.41) is 0. The van der Waals surface area contributed by atoms with Crippen molar-refractivity contribution in [1.82, 2.24) is 4.90 Å². The van der Waals surface area contributed by atoms with Gasteiger partial charge in [-0.25, -0.2) is 0 Å². The minimum absolute atomic E-state index is 0.152. The number of carbonyl (C=O) groups excluding carboxylic acids is 1. The second kappa shape index (κ2) is 3.54. The molecule has 0 aromatic heterocycles. The quantitative estimate of drug-likeness (QED) is 0.662. The molecule has 0 unspecified atom stereocenters. The van der Waals surface area contributed by atoms with Gasteiger partial charge in [-0.1, -0.05) is 18.2 Å². The van der Waals surface area contributed by atoms with Gasteiger partial charge in [-0.2, -0.15) is 0 Å². The summed E-state index contributed by atoms with van der Waals surface area (Å²) in [5.74, 6) is 0.777. The molecule has 0 N–H and O–H groups in total. The highest BCUT2D eigenvalue weighted by molar-refractivity contribution is 5.94. The van der Waals surface area contributed by atoms with Gasteiger partial charge in [0.25, 0.3) is 0 Å². The molecule has 0 saturated carbocycles. The fourth-order valence-corrected chi connectivity index (χ4v) is 1.92. The molecule has 0 amide bonds. The fourth-order valence-electron chi connectivity index (χ4n) is 1.92. The van der Waals surface area contributed by atoms with Crippen molar-refractivity contribution in [3.63, 3.8) is 0 Å². The van der Waals surface area contributed by atoms with Crippen LogP contribution in [0.2, 0.25) is 0 Å². The van der Waals surface area contributed by atoms with Gasteiger partial charge in [-0.05, 0) is 25.6 Å². The molecular formula is C12H15NO. The van der Waals surface area contributed by atoms with Crippen LogP contribution in [0.25, 0.3) is 0 Å². The van der Waals surface area contributed by atoms with E-state index < -0.39 is 0 Å². The van der Waals surface area contributed by atoms with Crippen LogP contribution in [0.3, 0.4) is 0 Å². The van der Waals surface area contributed by atoms with Gasteiger partial charge in [-0.3, -0.25) is 4.79 Å². The van der Waals surface area contributed by atoms with Crippen LogP contribution >= 0.6 is 0 Å². The Balaban J connectivity index is 2.18. The molecule has 0 aliphatic carbocycles. The van der Waals surface area contributed by atoms with Crippen LogP contribution in [0.1, 0.15) is 28.8 Å². The first-order valence-electron chi connectivity index (χ1n) is 4.96. The van der Waals surface area contributed by atoms with Gasteiger partial charge < -0.3 is 4.90 Å². The van der Waals surface area contributed by atoms with Crippen molar-refractivity contribution in [2.24, 2.45) is 0 Å². The number of Topliss-reactive ketones (excluding diaryl/α,β-unsaturated/α-hetero) is 1. The Morgan fingerprint density at radius 1 is 1.43 bits per heavy atom. The molecule has 74 valence electrons. The molecule has 2 rings (SSSR count). The van der Waals surface area contributed by atoms with E-state index >= 15 is 0 Å². The molecule has 1 saturated heterocycles. The van der Waals surface area contributed by atoms with Crippen molar-refractivity contribution in [1.29, 1.82) is 0 Å². The van der Waals surface area contributed by atoms with Crippen LogP contribution in [0.4, 0.5) is 0 Å². The first-order chi connectivity index (χ1) is 6.66. The van der Waals surface area contributed by atoms with Gasteiger partial charge in [0.1, 0.15) is 0 Å². The Labute approximate surface area is 84.5 Å². The van der Waals surface area contributed by atoms with Gasteiger partial charge in [0.05, 0.1) is 0 Å². The Kier molecular flexibility index (Phi) is 2.38. The van der Waals surface area contributed by atoms with Crippen molar-refractivity contribution in [3.05, 3.63) is 35.4 Å². The summed E-state index contributed by atoms with van der Waals surface area (Å²) in [6.07, 6.45) is 0. The molecular weight excluding hydrogens is 174 g/mol. The number of hydrogen-bond acceptors (Lipinski definition) is 2. The number of rotatable bonds is 2. The van der Waals surface area contributed by atoms with Crippen molar-refractivity contribution < 1.29 is 4.79 Å². The van der Waals surface area contributed by atoms with Gasteiger partial charge >= 0.3 is 0 Å². The first kappa shape index (κ1) is 9.41. The van der Waals surface area contributed by atoms with Crippen molar-refractivity contribution >= 4 is 5.78 Å². The molecule has 2 heteroatoms. The van der Waals surface area contributed by atoms with E-state index in [2.05, 4.69) is 18.0 Å². The number of carbonyl (C=O) groups is 1. The normalized spacial score (nSPS) is 17.9. The van der Waals surface area contributed by atoms with E-state index in [1.165, 1.54) is 5.56 Å². The number of hydrogen-bond donors (Lipinski definition) is 0. The van der Waals surface area contributed by atoms with E-state index in [1.54, 1.807) is 6.92 Å². The molecule has 1 fully saturated rings. The highest BCUT2D eigenvalue weighted by atomic mass is 16.1. The second-order valence-electron chi connectivity index (χ2n) is 4.10. The average molecular weight is 189 g/mol. The van der Waals surface area contributed by atoms with E-state index in [-0.39, 0.29) is 5.78 Å². The fraction of sp³-hybridized carbons (Fsp3) is 0.417. The van der Waals surface area contributed by atoms with Crippen LogP contribution in [0, 0.1) is 0 Å². The average Bonchev–Trinajstić information content (AvgIpc) is 2.13. The lowest BCUT2D eigenvalue weighted by Gasteiger charge is -2.36. The molecule has 0 radical (unpaired) electrons. The first-order valence-corrected chi connectivity index (χ1v) is 4.96. The maximum atomic E-state index is 11.2. The van der Waals surface area contributed by atoms with Crippen molar-refractivity contribution in [2.45, 2.75) is 12.8 Å². The Morgan fingerprint density at radius 2 is 2.14 bits per heavy atom. The molecule has 0 bridgehead atoms. The van der Waals surface area contributed by atoms with Crippen molar-refractivity contribution in [2.75, 3.05) is 20.1 Å². The van der Waals surface area contributed by atoms with Crippen molar-refractivity contribution in [3.8, 4) is 0 Å². The monoisotopic (exact) mass is 189 g/mol. The molecule has 1 heterocycles. The third-order valence-electron chi connectivity index (χ3n) is 2.83. The lowest BCUT2D eigenvalue weighted by Crippen LogP contribution is -2.41. The van der Waals surface area contributed by atoms with Gasteiger partial charge in [0.15, 0.2) is 5.78 Å². The number of likely N-dealkylation sites (N-methyl/N-ethyl adjacent to an activating group) is 1. The van der Waals surface area contributed by atoms with Crippen LogP contribution in [0.5, 0.6) is 0 Å². The molecule has 2 nitrogen and oxygen atoms in total. The standard InChI is InChI=1S/C12H15NO/c1-9(14)10-4-3-5-11(6-10)12-7-13(2)8-12/h3-6,12H,7-8H2,1-2H3. The summed E-state index contributed by atoms with van der Waals surface area (Å²) in [4.78, 5) is 13.5. The molecule has 1 aliphatic heterocycles. The minimum Gasteiger partial charge on any atom is -0.305 e. The van der Waals surface area contributed by atoms with E-state index in [4.69, 9.17) is 0 Å². The number of likely N-dealkylation sites (tertiary alicyclic amines) is 1. The lowest BCUT2D eigenvalue weighted by atomic mass is 9.90. The van der Waals surface area contributed by atoms with Gasteiger partial charge in [-0.15, -0.1) is 0 Å². The highest BCUT2D eigenvalue weighted by Gasteiger charge is 2.24. The molecule has 0 atom stereocenters. The predicted molar refractivity (Wildman–Crippen MR) is 56.7 cm³/mol. The lowest BCUT2D eigenvalue weighted by molar-refractivity contribution is 0.101. The third-order valence-corrected chi connectivity index (χ3v) is 2.83. The van der Waals surface area contributed by atoms with Crippen LogP contribution in [-0.4, -0.2) is 30.8 Å². The third kappa shape index (κ3) is 1.70. The van der Waals surface area contributed by atoms with Crippen LogP contribution in [0.15, 0.2) is 24.3 Å². The Hall–Kier alpha value is -1.15. The van der Waals surface area contributed by atoms with E-state index in [0.29, 0.717) is 5.92 Å². The summed E-state index contributed by atoms with van der Waals surface area (Å²) in [6.45, 7) is 3.84. The minimum atomic E-state index is 0.152. The molecule has 14 heavy (non-hydrogen) atoms. The molecule has 0 spiro atoms. The number of ketones is 1. The van der Waals surface area contributed by atoms with E-state index in [0.717, 1.165) is 18.7 Å². The van der Waals surface area contributed by atoms with Gasteiger partial charge in [0, 0.05) is 24.6 Å². The summed E-state index contributed by atoms with van der Waals surface area (Å²) >= 11 is 0. The van der Waals surface area contributed by atoms with Crippen LogP contribution < -0.4 is 0 Å². The maximum Gasteiger partial charge on any atom is 0.159 e.